The summed E-state index contributed by atoms with van der Waals surface area (Å²) in [5, 5.41) is 2.55. The van der Waals surface area contributed by atoms with Gasteiger partial charge in [0.25, 0.3) is 0 Å². The quantitative estimate of drug-likeness (QED) is 0.218. The summed E-state index contributed by atoms with van der Waals surface area (Å²) in [7, 11) is 0. The molecular weight excluding hydrogens is 518 g/mol. The third-order valence-electron chi connectivity index (χ3n) is 8.14. The predicted molar refractivity (Wildman–Crippen MR) is 173 cm³/mol. The monoisotopic (exact) mass is 541 g/mol. The molecule has 3 nitrogen and oxygen atoms in total. The van der Waals surface area contributed by atoms with Crippen LogP contribution in [-0.4, -0.2) is 14.0 Å². The Hall–Kier alpha value is -5.19. The van der Waals surface area contributed by atoms with Crippen molar-refractivity contribution in [3.8, 4) is 27.9 Å². The molecule has 0 saturated carbocycles. The SMILES string of the molecule is c1cc(-c2cccc(-n3c4ccccc4c4ccccc43)c2)cc(-c2ccc3sc4nc5ccccc5n4c3c2)c1. The number of rotatable bonds is 3. The Morgan fingerprint density at radius 2 is 1.07 bits per heavy atom. The minimum atomic E-state index is 1.04. The van der Waals surface area contributed by atoms with Gasteiger partial charge >= 0.3 is 0 Å². The maximum absolute atomic E-state index is 4.86. The lowest BCUT2D eigenvalue weighted by Gasteiger charge is -2.11. The van der Waals surface area contributed by atoms with E-state index in [-0.39, 0.29) is 0 Å². The van der Waals surface area contributed by atoms with E-state index in [0.717, 1.165) is 16.0 Å². The first-order chi connectivity index (χ1) is 20.3. The number of aromatic nitrogens is 3. The average Bonchev–Trinajstić information content (AvgIpc) is 3.69. The van der Waals surface area contributed by atoms with Gasteiger partial charge in [0.15, 0.2) is 4.96 Å². The van der Waals surface area contributed by atoms with Crippen molar-refractivity contribution < 1.29 is 0 Å². The first kappa shape index (κ1) is 22.6. The zero-order chi connectivity index (χ0) is 26.9. The highest BCUT2D eigenvalue weighted by Crippen LogP contribution is 2.36. The van der Waals surface area contributed by atoms with Crippen molar-refractivity contribution in [3.05, 3.63) is 140 Å². The van der Waals surface area contributed by atoms with Gasteiger partial charge in [0, 0.05) is 16.5 Å². The van der Waals surface area contributed by atoms with Crippen LogP contribution in [0.15, 0.2) is 140 Å². The number of thiazole rings is 1. The van der Waals surface area contributed by atoms with Gasteiger partial charge in [-0.1, -0.05) is 96.3 Å². The second-order valence-corrected chi connectivity index (χ2v) is 11.5. The van der Waals surface area contributed by atoms with Crippen LogP contribution in [0.2, 0.25) is 0 Å². The molecule has 0 atom stereocenters. The fourth-order valence-corrected chi connectivity index (χ4v) is 7.28. The van der Waals surface area contributed by atoms with Crippen molar-refractivity contribution in [2.75, 3.05) is 0 Å². The van der Waals surface area contributed by atoms with E-state index in [1.54, 1.807) is 11.3 Å². The summed E-state index contributed by atoms with van der Waals surface area (Å²) in [4.78, 5) is 5.89. The van der Waals surface area contributed by atoms with Crippen LogP contribution >= 0.6 is 11.3 Å². The van der Waals surface area contributed by atoms with E-state index >= 15 is 0 Å². The summed E-state index contributed by atoms with van der Waals surface area (Å²) in [5.41, 5.74) is 11.8. The lowest BCUT2D eigenvalue weighted by molar-refractivity contribution is 1.18. The van der Waals surface area contributed by atoms with E-state index in [0.29, 0.717) is 0 Å². The van der Waals surface area contributed by atoms with Crippen molar-refractivity contribution >= 4 is 59.4 Å². The van der Waals surface area contributed by atoms with E-state index in [2.05, 4.69) is 148 Å². The maximum Gasteiger partial charge on any atom is 0.195 e. The van der Waals surface area contributed by atoms with Gasteiger partial charge in [0.2, 0.25) is 0 Å². The summed E-state index contributed by atoms with van der Waals surface area (Å²) in [5.74, 6) is 0. The van der Waals surface area contributed by atoms with Gasteiger partial charge in [-0.25, -0.2) is 4.98 Å². The molecule has 3 heterocycles. The van der Waals surface area contributed by atoms with E-state index in [1.807, 2.05) is 0 Å². The molecule has 0 N–H and O–H groups in total. The van der Waals surface area contributed by atoms with Crippen molar-refractivity contribution in [2.45, 2.75) is 0 Å². The fraction of sp³-hybridized carbons (Fsp3) is 0. The number of imidazole rings is 1. The van der Waals surface area contributed by atoms with Crippen LogP contribution in [0.25, 0.3) is 76.0 Å². The van der Waals surface area contributed by atoms with E-state index in [9.17, 15) is 0 Å². The Morgan fingerprint density at radius 1 is 0.463 bits per heavy atom. The molecule has 0 aliphatic heterocycles. The number of fused-ring (bicyclic) bond motifs is 8. The highest BCUT2D eigenvalue weighted by atomic mass is 32.1. The summed E-state index contributed by atoms with van der Waals surface area (Å²) < 4.78 is 5.92. The number of hydrogen-bond donors (Lipinski definition) is 0. The Kier molecular flexibility index (Phi) is 4.77. The number of nitrogens with zero attached hydrogens (tertiary/aromatic N) is 3. The van der Waals surface area contributed by atoms with Crippen LogP contribution < -0.4 is 0 Å². The molecule has 41 heavy (non-hydrogen) atoms. The molecule has 0 aliphatic carbocycles. The Labute approximate surface area is 240 Å². The van der Waals surface area contributed by atoms with Crippen LogP contribution in [0.3, 0.4) is 0 Å². The zero-order valence-electron chi connectivity index (χ0n) is 22.0. The van der Waals surface area contributed by atoms with Crippen molar-refractivity contribution in [3.63, 3.8) is 0 Å². The highest BCUT2D eigenvalue weighted by Gasteiger charge is 2.14. The Bertz CT molecular complexity index is 2390. The predicted octanol–water partition coefficient (Wildman–Crippen LogP) is 10.1. The van der Waals surface area contributed by atoms with E-state index in [1.165, 1.54) is 60.0 Å². The third-order valence-corrected chi connectivity index (χ3v) is 9.17. The van der Waals surface area contributed by atoms with E-state index < -0.39 is 0 Å². The third kappa shape index (κ3) is 3.41. The Morgan fingerprint density at radius 3 is 1.83 bits per heavy atom. The van der Waals surface area contributed by atoms with Crippen LogP contribution in [-0.2, 0) is 0 Å². The minimum absolute atomic E-state index is 1.04. The maximum atomic E-state index is 4.86. The minimum Gasteiger partial charge on any atom is -0.309 e. The molecule has 0 bridgehead atoms. The smallest absolute Gasteiger partial charge is 0.195 e. The molecule has 0 aliphatic rings. The van der Waals surface area contributed by atoms with Gasteiger partial charge in [-0.3, -0.25) is 4.40 Å². The molecule has 9 rings (SSSR count). The molecule has 3 aromatic heterocycles. The van der Waals surface area contributed by atoms with Gasteiger partial charge in [0.05, 0.1) is 32.3 Å². The normalized spacial score (nSPS) is 11.9. The Balaban J connectivity index is 1.17. The average molecular weight is 542 g/mol. The zero-order valence-corrected chi connectivity index (χ0v) is 22.8. The van der Waals surface area contributed by atoms with Crippen LogP contribution in [0.1, 0.15) is 0 Å². The molecule has 4 heteroatoms. The first-order valence-corrected chi connectivity index (χ1v) is 14.6. The molecule has 0 amide bonds. The van der Waals surface area contributed by atoms with Gasteiger partial charge < -0.3 is 4.57 Å². The molecule has 0 saturated heterocycles. The summed E-state index contributed by atoms with van der Waals surface area (Å²) >= 11 is 1.74. The number of benzene rings is 6. The van der Waals surface area contributed by atoms with E-state index in [4.69, 9.17) is 4.98 Å². The summed E-state index contributed by atoms with van der Waals surface area (Å²) in [6.07, 6.45) is 0. The number of hydrogen-bond acceptors (Lipinski definition) is 2. The molecule has 0 unspecified atom stereocenters. The van der Waals surface area contributed by atoms with Crippen LogP contribution in [0.4, 0.5) is 0 Å². The largest absolute Gasteiger partial charge is 0.309 e. The lowest BCUT2D eigenvalue weighted by Crippen LogP contribution is -1.94. The van der Waals surface area contributed by atoms with Crippen molar-refractivity contribution in [1.82, 2.24) is 14.0 Å². The summed E-state index contributed by atoms with van der Waals surface area (Å²) in [6, 6.07) is 50.2. The number of para-hydroxylation sites is 4. The second-order valence-electron chi connectivity index (χ2n) is 10.5. The van der Waals surface area contributed by atoms with Gasteiger partial charge in [-0.15, -0.1) is 0 Å². The topological polar surface area (TPSA) is 22.2 Å². The fourth-order valence-electron chi connectivity index (χ4n) is 6.27. The van der Waals surface area contributed by atoms with Crippen LogP contribution in [0.5, 0.6) is 0 Å². The molecule has 0 fully saturated rings. The molecular formula is C37H23N3S. The molecule has 6 aromatic carbocycles. The highest BCUT2D eigenvalue weighted by molar-refractivity contribution is 7.23. The van der Waals surface area contributed by atoms with Crippen molar-refractivity contribution in [2.24, 2.45) is 0 Å². The molecule has 9 aromatic rings. The summed E-state index contributed by atoms with van der Waals surface area (Å²) in [6.45, 7) is 0. The van der Waals surface area contributed by atoms with Gasteiger partial charge in [-0.05, 0) is 76.9 Å². The lowest BCUT2D eigenvalue weighted by atomic mass is 9.98. The molecule has 192 valence electrons. The first-order valence-electron chi connectivity index (χ1n) is 13.8. The standard InChI is InChI=1S/C37H23N3S/c1-4-16-32-29(13-1)30-14-2-5-17-33(30)39(32)28-12-8-11-26(22-28)24-9-7-10-25(21-24)27-19-20-36-35(23-27)40-34-18-6-3-15-31(34)38-37(40)41-36/h1-23H. The molecule has 0 radical (unpaired) electrons. The van der Waals surface area contributed by atoms with Crippen molar-refractivity contribution in [1.29, 1.82) is 0 Å². The second kappa shape index (κ2) is 8.65. The van der Waals surface area contributed by atoms with Crippen LogP contribution in [0, 0.1) is 0 Å². The van der Waals surface area contributed by atoms with Gasteiger partial charge in [0.1, 0.15) is 0 Å². The van der Waals surface area contributed by atoms with Gasteiger partial charge in [-0.2, -0.15) is 0 Å². The molecule has 0 spiro atoms.